The lowest BCUT2D eigenvalue weighted by atomic mass is 10.0. The Bertz CT molecular complexity index is 1800. The van der Waals surface area contributed by atoms with Crippen molar-refractivity contribution in [2.45, 2.75) is 26.4 Å². The molecule has 210 valence electrons. The van der Waals surface area contributed by atoms with Crippen LogP contribution in [0.15, 0.2) is 59.4 Å². The van der Waals surface area contributed by atoms with E-state index < -0.39 is 23.7 Å². The lowest BCUT2D eigenvalue weighted by Crippen LogP contribution is -2.36. The Morgan fingerprint density at radius 2 is 1.98 bits per heavy atom. The number of halogens is 3. The number of benzene rings is 2. The van der Waals surface area contributed by atoms with Gasteiger partial charge in [0.05, 0.1) is 35.0 Å². The number of fused-ring (bicyclic) bond motifs is 2. The van der Waals surface area contributed by atoms with Crippen LogP contribution >= 0.6 is 11.3 Å². The van der Waals surface area contributed by atoms with Crippen molar-refractivity contribution in [3.63, 3.8) is 0 Å². The Kier molecular flexibility index (Phi) is 7.05. The summed E-state index contributed by atoms with van der Waals surface area (Å²) in [7, 11) is 0. The van der Waals surface area contributed by atoms with Crippen LogP contribution in [-0.2, 0) is 13.1 Å². The maximum Gasteiger partial charge on any atom is 0.287 e. The molecule has 5 aromatic rings. The molecule has 0 atom stereocenters. The minimum absolute atomic E-state index is 0.0163. The summed E-state index contributed by atoms with van der Waals surface area (Å²) in [5.74, 6) is -0.653. The van der Waals surface area contributed by atoms with Crippen molar-refractivity contribution >= 4 is 44.5 Å². The van der Waals surface area contributed by atoms with Gasteiger partial charge in [0.25, 0.3) is 17.9 Å². The minimum Gasteiger partial charge on any atom is -0.334 e. The summed E-state index contributed by atoms with van der Waals surface area (Å²) in [6, 6.07) is 15.3. The number of aromatic amines is 1. The second-order valence-electron chi connectivity index (χ2n) is 9.69. The molecule has 1 aliphatic heterocycles. The van der Waals surface area contributed by atoms with Crippen molar-refractivity contribution in [1.82, 2.24) is 24.9 Å². The van der Waals surface area contributed by atoms with E-state index in [9.17, 15) is 22.8 Å². The molecule has 1 amide bonds. The third kappa shape index (κ3) is 5.45. The molecule has 0 radical (unpaired) electrons. The van der Waals surface area contributed by atoms with E-state index >= 15 is 0 Å². The molecule has 1 aliphatic rings. The number of hydrogen-bond donors (Lipinski definition) is 3. The standard InChI is InChI=1S/C28H24F3N7O2S/c1-15-18(6-7-19(29)26(15)33-28(40)23-10-16-4-2-3-5-22(16)41-23)20-12-21(27(39)35-34-20)32-25-11-17-13-37(14-24(30)31)8-9-38(17)36-25/h2-7,10-12,24H,8-9,13-14H2,1H3,(H,33,40)(H,35,39)(H,32,34,36). The molecule has 2 aromatic carbocycles. The minimum atomic E-state index is -2.42. The fourth-order valence-corrected chi connectivity index (χ4v) is 5.84. The number of nitrogens with one attached hydrogen (secondary N) is 3. The first-order valence-corrected chi connectivity index (χ1v) is 13.6. The van der Waals surface area contributed by atoms with E-state index in [1.165, 1.54) is 29.5 Å². The number of rotatable bonds is 7. The van der Waals surface area contributed by atoms with E-state index in [0.29, 0.717) is 47.2 Å². The molecule has 0 bridgehead atoms. The lowest BCUT2D eigenvalue weighted by Gasteiger charge is -2.26. The average Bonchev–Trinajstić information content (AvgIpc) is 3.55. The Morgan fingerprint density at radius 3 is 2.78 bits per heavy atom. The van der Waals surface area contributed by atoms with E-state index in [2.05, 4.69) is 25.9 Å². The van der Waals surface area contributed by atoms with Gasteiger partial charge in [-0.25, -0.2) is 18.3 Å². The average molecular weight is 580 g/mol. The number of carbonyl (C=O) groups excluding carboxylic acids is 1. The summed E-state index contributed by atoms with van der Waals surface area (Å²) < 4.78 is 43.2. The highest BCUT2D eigenvalue weighted by Crippen LogP contribution is 2.32. The monoisotopic (exact) mass is 579 g/mol. The molecule has 0 saturated carbocycles. The van der Waals surface area contributed by atoms with Crippen LogP contribution in [0.3, 0.4) is 0 Å². The Balaban J connectivity index is 1.25. The van der Waals surface area contributed by atoms with Crippen molar-refractivity contribution < 1.29 is 18.0 Å². The van der Waals surface area contributed by atoms with Crippen molar-refractivity contribution in [3.05, 3.63) is 86.9 Å². The van der Waals surface area contributed by atoms with Gasteiger partial charge in [0.2, 0.25) is 0 Å². The fraction of sp³-hybridized carbons (Fsp3) is 0.214. The molecule has 13 heteroatoms. The van der Waals surface area contributed by atoms with Gasteiger partial charge in [-0.05, 0) is 48.2 Å². The van der Waals surface area contributed by atoms with Gasteiger partial charge in [-0.15, -0.1) is 11.3 Å². The van der Waals surface area contributed by atoms with Crippen molar-refractivity contribution in [3.8, 4) is 11.3 Å². The van der Waals surface area contributed by atoms with Gasteiger partial charge in [0, 0.05) is 29.4 Å². The Hall–Kier alpha value is -4.49. The zero-order chi connectivity index (χ0) is 28.7. The number of H-pyrrole nitrogens is 1. The van der Waals surface area contributed by atoms with E-state index in [1.54, 1.807) is 28.6 Å². The molecule has 3 N–H and O–H groups in total. The molecule has 3 aromatic heterocycles. The normalized spacial score (nSPS) is 13.5. The SMILES string of the molecule is Cc1c(-c2cc(Nc3cc4n(n3)CCN(CC(F)F)C4)c(=O)[nH]n2)ccc(F)c1NC(=O)c1cc2ccccc2s1. The lowest BCUT2D eigenvalue weighted by molar-refractivity contribution is 0.0737. The topological polar surface area (TPSA) is 108 Å². The number of alkyl halides is 2. The molecule has 0 unspecified atom stereocenters. The first-order valence-electron chi connectivity index (χ1n) is 12.8. The van der Waals surface area contributed by atoms with Gasteiger partial charge in [-0.3, -0.25) is 19.2 Å². The summed E-state index contributed by atoms with van der Waals surface area (Å²) in [4.78, 5) is 27.7. The first kappa shape index (κ1) is 26.7. The molecule has 4 heterocycles. The van der Waals surface area contributed by atoms with Gasteiger partial charge in [-0.2, -0.15) is 10.2 Å². The van der Waals surface area contributed by atoms with Crippen LogP contribution in [0.25, 0.3) is 21.3 Å². The molecule has 0 spiro atoms. The van der Waals surface area contributed by atoms with Crippen LogP contribution in [0, 0.1) is 12.7 Å². The highest BCUT2D eigenvalue weighted by molar-refractivity contribution is 7.20. The number of carbonyl (C=O) groups is 1. The molecule has 6 rings (SSSR count). The molecule has 41 heavy (non-hydrogen) atoms. The number of nitrogens with zero attached hydrogens (tertiary/aromatic N) is 4. The number of anilines is 3. The van der Waals surface area contributed by atoms with Gasteiger partial charge < -0.3 is 10.6 Å². The Labute approximate surface area is 235 Å². The predicted octanol–water partition coefficient (Wildman–Crippen LogP) is 5.37. The fourth-order valence-electron chi connectivity index (χ4n) is 4.89. The summed E-state index contributed by atoms with van der Waals surface area (Å²) in [6.07, 6.45) is -2.42. The second-order valence-corrected chi connectivity index (χ2v) is 10.8. The summed E-state index contributed by atoms with van der Waals surface area (Å²) in [6.45, 7) is 2.57. The van der Waals surface area contributed by atoms with Crippen molar-refractivity contribution in [2.75, 3.05) is 23.7 Å². The third-order valence-electron chi connectivity index (χ3n) is 6.92. The zero-order valence-electron chi connectivity index (χ0n) is 21.7. The largest absolute Gasteiger partial charge is 0.334 e. The summed E-state index contributed by atoms with van der Waals surface area (Å²) in [5.41, 5.74) is 1.69. The van der Waals surface area contributed by atoms with Crippen LogP contribution in [0.2, 0.25) is 0 Å². The third-order valence-corrected chi connectivity index (χ3v) is 8.03. The number of amides is 1. The first-order chi connectivity index (χ1) is 19.7. The van der Waals surface area contributed by atoms with E-state index in [1.807, 2.05) is 24.3 Å². The van der Waals surface area contributed by atoms with E-state index in [0.717, 1.165) is 15.8 Å². The number of hydrogen-bond acceptors (Lipinski definition) is 7. The molecule has 0 fully saturated rings. The molecular weight excluding hydrogens is 555 g/mol. The van der Waals surface area contributed by atoms with E-state index in [-0.39, 0.29) is 17.9 Å². The maximum absolute atomic E-state index is 14.9. The number of aromatic nitrogens is 4. The summed E-state index contributed by atoms with van der Waals surface area (Å²) in [5, 5.41) is 17.6. The molecule has 0 saturated heterocycles. The van der Waals surface area contributed by atoms with Gasteiger partial charge in [-0.1, -0.05) is 18.2 Å². The summed E-state index contributed by atoms with van der Waals surface area (Å²) >= 11 is 1.32. The van der Waals surface area contributed by atoms with Crippen LogP contribution in [0.4, 0.5) is 30.4 Å². The van der Waals surface area contributed by atoms with Gasteiger partial charge in [0.15, 0.2) is 5.82 Å². The molecular formula is C28H24F3N7O2S. The molecule has 0 aliphatic carbocycles. The van der Waals surface area contributed by atoms with Gasteiger partial charge in [0.1, 0.15) is 11.5 Å². The van der Waals surface area contributed by atoms with Crippen LogP contribution in [-0.4, -0.2) is 50.3 Å². The highest BCUT2D eigenvalue weighted by atomic mass is 32.1. The Morgan fingerprint density at radius 1 is 1.15 bits per heavy atom. The highest BCUT2D eigenvalue weighted by Gasteiger charge is 2.22. The quantitative estimate of drug-likeness (QED) is 0.239. The van der Waals surface area contributed by atoms with Crippen LogP contribution in [0.1, 0.15) is 20.9 Å². The maximum atomic E-state index is 14.9. The van der Waals surface area contributed by atoms with E-state index in [4.69, 9.17) is 0 Å². The van der Waals surface area contributed by atoms with Gasteiger partial charge >= 0.3 is 0 Å². The number of thiophene rings is 1. The predicted molar refractivity (Wildman–Crippen MR) is 152 cm³/mol. The second kappa shape index (κ2) is 10.8. The van der Waals surface area contributed by atoms with Crippen molar-refractivity contribution in [2.24, 2.45) is 0 Å². The van der Waals surface area contributed by atoms with Crippen molar-refractivity contribution in [1.29, 1.82) is 0 Å². The van der Waals surface area contributed by atoms with Crippen LogP contribution in [0.5, 0.6) is 0 Å². The molecule has 9 nitrogen and oxygen atoms in total. The zero-order valence-corrected chi connectivity index (χ0v) is 22.6. The smallest absolute Gasteiger partial charge is 0.287 e. The van der Waals surface area contributed by atoms with Crippen LogP contribution < -0.4 is 16.2 Å².